The Bertz CT molecular complexity index is 1030. The summed E-state index contributed by atoms with van der Waals surface area (Å²) in [6.45, 7) is -0.525. The number of fused-ring (bicyclic) bond motifs is 1. The number of esters is 3. The Morgan fingerprint density at radius 2 is 1.76 bits per heavy atom. The number of carbonyl (C=O) groups is 4. The minimum atomic E-state index is -4.29. The van der Waals surface area contributed by atoms with Gasteiger partial charge in [-0.15, -0.1) is 0 Å². The zero-order chi connectivity index (χ0) is 23.3. The van der Waals surface area contributed by atoms with Crippen LogP contribution < -0.4 is 0 Å². The predicted molar refractivity (Wildman–Crippen MR) is 107 cm³/mol. The molecule has 0 aromatic rings. The van der Waals surface area contributed by atoms with Gasteiger partial charge in [-0.05, 0) is 44.4 Å². The molecule has 7 aliphatic rings. The highest BCUT2D eigenvalue weighted by Crippen LogP contribution is 2.62. The fourth-order valence-electron chi connectivity index (χ4n) is 8.06. The van der Waals surface area contributed by atoms with Gasteiger partial charge in [-0.1, -0.05) is 0 Å². The Labute approximate surface area is 190 Å². The highest BCUT2D eigenvalue weighted by molar-refractivity contribution is 7.85. The van der Waals surface area contributed by atoms with E-state index in [9.17, 15) is 27.6 Å². The van der Waals surface area contributed by atoms with E-state index in [1.165, 1.54) is 0 Å². The van der Waals surface area contributed by atoms with Crippen molar-refractivity contribution >= 4 is 33.8 Å². The van der Waals surface area contributed by atoms with Gasteiger partial charge in [0.25, 0.3) is 10.1 Å². The van der Waals surface area contributed by atoms with Crippen LogP contribution in [0.2, 0.25) is 0 Å². The van der Waals surface area contributed by atoms with Crippen molar-refractivity contribution in [2.75, 3.05) is 12.4 Å². The van der Waals surface area contributed by atoms with Gasteiger partial charge in [0.15, 0.2) is 0 Å². The SMILES string of the molecule is O=C1OC2C3CC(C2OC(=O)C24CC5CC(C2)C(=O)[C@H](C5)C4)C(C(=O)OCCS(=O)(=O)O)C13. The summed E-state index contributed by atoms with van der Waals surface area (Å²) >= 11 is 0. The predicted octanol–water partition coefficient (Wildman–Crippen LogP) is 0.532. The first-order valence-corrected chi connectivity index (χ1v) is 13.2. The van der Waals surface area contributed by atoms with Crippen LogP contribution in [0, 0.1) is 46.8 Å². The highest BCUT2D eigenvalue weighted by atomic mass is 32.2. The Morgan fingerprint density at radius 3 is 2.42 bits per heavy atom. The Balaban J connectivity index is 1.19. The topological polar surface area (TPSA) is 150 Å². The van der Waals surface area contributed by atoms with Crippen LogP contribution in [-0.2, 0) is 43.5 Å². The summed E-state index contributed by atoms with van der Waals surface area (Å²) in [7, 11) is -4.29. The van der Waals surface area contributed by atoms with Crippen LogP contribution in [0.25, 0.3) is 0 Å². The summed E-state index contributed by atoms with van der Waals surface area (Å²) in [5, 5.41) is 0. The van der Waals surface area contributed by atoms with Crippen LogP contribution in [0.1, 0.15) is 38.5 Å². The largest absolute Gasteiger partial charge is 0.464 e. The average Bonchev–Trinajstić information content (AvgIpc) is 3.34. The van der Waals surface area contributed by atoms with E-state index in [1.54, 1.807) is 0 Å². The fourth-order valence-corrected chi connectivity index (χ4v) is 8.35. The van der Waals surface area contributed by atoms with Gasteiger partial charge in [0, 0.05) is 23.7 Å². The number of carbonyl (C=O) groups excluding carboxylic acids is 4. The summed E-state index contributed by atoms with van der Waals surface area (Å²) < 4.78 is 47.2. The van der Waals surface area contributed by atoms with Crippen molar-refractivity contribution in [1.82, 2.24) is 0 Å². The molecule has 0 aromatic carbocycles. The van der Waals surface area contributed by atoms with Crippen LogP contribution in [0.5, 0.6) is 0 Å². The third kappa shape index (κ3) is 3.18. The number of rotatable bonds is 6. The summed E-state index contributed by atoms with van der Waals surface area (Å²) in [4.78, 5) is 51.2. The maximum absolute atomic E-state index is 13.5. The minimum Gasteiger partial charge on any atom is -0.464 e. The van der Waals surface area contributed by atoms with E-state index < -0.39 is 69.8 Å². The van der Waals surface area contributed by atoms with Crippen LogP contribution in [-0.4, -0.2) is 61.2 Å². The van der Waals surface area contributed by atoms with Crippen LogP contribution in [0.15, 0.2) is 0 Å². The van der Waals surface area contributed by atoms with Gasteiger partial charge in [0.05, 0.1) is 17.3 Å². The lowest BCUT2D eigenvalue weighted by atomic mass is 9.49. The molecule has 1 N–H and O–H groups in total. The molecule has 1 saturated heterocycles. The molecule has 1 heterocycles. The molecule has 0 amide bonds. The smallest absolute Gasteiger partial charge is 0.312 e. The van der Waals surface area contributed by atoms with Crippen molar-refractivity contribution < 1.29 is 46.4 Å². The quantitative estimate of drug-likeness (QED) is 0.323. The van der Waals surface area contributed by atoms with Crippen molar-refractivity contribution in [3.8, 4) is 0 Å². The van der Waals surface area contributed by atoms with Crippen LogP contribution in [0.4, 0.5) is 0 Å². The lowest BCUT2D eigenvalue weighted by Crippen LogP contribution is -2.56. The molecule has 6 saturated carbocycles. The lowest BCUT2D eigenvalue weighted by Gasteiger charge is -2.54. The van der Waals surface area contributed by atoms with Gasteiger partial charge >= 0.3 is 17.9 Å². The second kappa shape index (κ2) is 7.00. The van der Waals surface area contributed by atoms with Gasteiger partial charge in [0.1, 0.15) is 30.4 Å². The number of ether oxygens (including phenoxy) is 3. The highest BCUT2D eigenvalue weighted by Gasteiger charge is 2.71. The average molecular weight is 483 g/mol. The van der Waals surface area contributed by atoms with Crippen LogP contribution in [0.3, 0.4) is 0 Å². The molecule has 0 spiro atoms. The van der Waals surface area contributed by atoms with Gasteiger partial charge in [-0.2, -0.15) is 8.42 Å². The minimum absolute atomic E-state index is 0.0805. The maximum atomic E-state index is 13.5. The van der Waals surface area contributed by atoms with Crippen molar-refractivity contribution in [2.24, 2.45) is 46.8 Å². The Kier molecular flexibility index (Phi) is 4.57. The van der Waals surface area contributed by atoms with Crippen molar-refractivity contribution in [2.45, 2.75) is 50.7 Å². The Hall–Kier alpha value is -2.01. The molecule has 7 fully saturated rings. The van der Waals surface area contributed by atoms with E-state index >= 15 is 0 Å². The first kappa shape index (κ1) is 21.5. The van der Waals surface area contributed by atoms with Crippen molar-refractivity contribution in [3.05, 3.63) is 0 Å². The van der Waals surface area contributed by atoms with Gasteiger partial charge in [-0.25, -0.2) is 0 Å². The standard InChI is InChI=1S/C22H26O10S/c23-16-10-3-9-4-11(16)8-22(6-9,7-10)21(26)32-18-12-5-13-15(20(25)31-17(13)18)14(12)19(24)30-1-2-33(27,28)29/h9-15,17-18H,1-8H2,(H,27,28,29)/t9?,10-,11?,12?,13?,14?,15?,17?,18?,22?/m1/s1. The normalized spacial score (nSPS) is 46.5. The maximum Gasteiger partial charge on any atom is 0.312 e. The monoisotopic (exact) mass is 482 g/mol. The molecule has 180 valence electrons. The first-order chi connectivity index (χ1) is 15.6. The molecule has 10 atom stereocenters. The van der Waals surface area contributed by atoms with E-state index in [2.05, 4.69) is 0 Å². The first-order valence-electron chi connectivity index (χ1n) is 11.6. The van der Waals surface area contributed by atoms with Gasteiger partial charge in [0.2, 0.25) is 0 Å². The second-order valence-electron chi connectivity index (χ2n) is 10.9. The lowest BCUT2D eigenvalue weighted by molar-refractivity contribution is -0.188. The molecule has 9 unspecified atom stereocenters. The van der Waals surface area contributed by atoms with E-state index in [-0.39, 0.29) is 29.5 Å². The summed E-state index contributed by atoms with van der Waals surface area (Å²) in [5.41, 5.74) is -0.681. The second-order valence-corrected chi connectivity index (χ2v) is 12.4. The molecular formula is C22H26O10S. The molecule has 11 heteroatoms. The van der Waals surface area contributed by atoms with Gasteiger partial charge in [-0.3, -0.25) is 23.7 Å². The van der Waals surface area contributed by atoms with Crippen molar-refractivity contribution in [3.63, 3.8) is 0 Å². The molecule has 0 radical (unpaired) electrons. The fraction of sp³-hybridized carbons (Fsp3) is 0.818. The summed E-state index contributed by atoms with van der Waals surface area (Å²) in [6, 6.07) is 0. The molecule has 0 aromatic heterocycles. The molecule has 10 nitrogen and oxygen atoms in total. The van der Waals surface area contributed by atoms with E-state index in [4.69, 9.17) is 18.8 Å². The molecule has 33 heavy (non-hydrogen) atoms. The molecular weight excluding hydrogens is 456 g/mol. The Morgan fingerprint density at radius 1 is 1.06 bits per heavy atom. The molecule has 6 bridgehead atoms. The summed E-state index contributed by atoms with van der Waals surface area (Å²) in [6.07, 6.45) is 2.55. The number of ketones is 1. The number of Topliss-reactive ketones (excluding diaryl/α,β-unsaturated/α-hetero) is 1. The van der Waals surface area contributed by atoms with Gasteiger partial charge < -0.3 is 14.2 Å². The van der Waals surface area contributed by atoms with Crippen molar-refractivity contribution in [1.29, 1.82) is 0 Å². The third-order valence-corrected chi connectivity index (χ3v) is 9.76. The van der Waals surface area contributed by atoms with E-state index in [0.717, 1.165) is 12.8 Å². The molecule has 6 aliphatic carbocycles. The van der Waals surface area contributed by atoms with E-state index in [0.29, 0.717) is 31.6 Å². The molecule has 1 aliphatic heterocycles. The van der Waals surface area contributed by atoms with E-state index in [1.807, 2.05) is 0 Å². The third-order valence-electron chi connectivity index (χ3n) is 9.07. The summed E-state index contributed by atoms with van der Waals surface area (Å²) in [5.74, 6) is -4.16. The zero-order valence-corrected chi connectivity index (χ0v) is 18.7. The zero-order valence-electron chi connectivity index (χ0n) is 17.9. The molecule has 7 rings (SSSR count). The number of hydrogen-bond acceptors (Lipinski definition) is 9. The van der Waals surface area contributed by atoms with Crippen LogP contribution >= 0.6 is 0 Å². The number of hydrogen-bond donors (Lipinski definition) is 1.